The SMILES string of the molecule is Fc1cccc(-c2ncc(C3CNC3)o2)c1. The van der Waals surface area contributed by atoms with Crippen molar-refractivity contribution < 1.29 is 8.81 Å². The minimum atomic E-state index is -0.275. The molecule has 3 nitrogen and oxygen atoms in total. The molecule has 0 unspecified atom stereocenters. The molecule has 4 heteroatoms. The lowest BCUT2D eigenvalue weighted by Crippen LogP contribution is -2.39. The van der Waals surface area contributed by atoms with E-state index >= 15 is 0 Å². The third kappa shape index (κ3) is 1.61. The Bertz CT molecular complexity index is 505. The molecule has 2 heterocycles. The number of nitrogens with zero attached hydrogens (tertiary/aromatic N) is 1. The van der Waals surface area contributed by atoms with Crippen LogP contribution < -0.4 is 5.32 Å². The first-order chi connectivity index (χ1) is 7.83. The highest BCUT2D eigenvalue weighted by Crippen LogP contribution is 2.25. The standard InChI is InChI=1S/C12H11FN2O/c13-10-3-1-2-8(4-10)12-15-7-11(16-12)9-5-14-6-9/h1-4,7,9,14H,5-6H2. The van der Waals surface area contributed by atoms with Gasteiger partial charge in [0.2, 0.25) is 5.89 Å². The van der Waals surface area contributed by atoms with Gasteiger partial charge in [0.1, 0.15) is 11.6 Å². The van der Waals surface area contributed by atoms with E-state index in [-0.39, 0.29) is 5.82 Å². The highest BCUT2D eigenvalue weighted by Gasteiger charge is 2.23. The van der Waals surface area contributed by atoms with Crippen LogP contribution in [0.2, 0.25) is 0 Å². The fraction of sp³-hybridized carbons (Fsp3) is 0.250. The van der Waals surface area contributed by atoms with Crippen molar-refractivity contribution in [3.05, 3.63) is 42.0 Å². The van der Waals surface area contributed by atoms with Crippen molar-refractivity contribution >= 4 is 0 Å². The first-order valence-electron chi connectivity index (χ1n) is 5.25. The molecule has 0 aliphatic carbocycles. The minimum Gasteiger partial charge on any atom is -0.441 e. The quantitative estimate of drug-likeness (QED) is 0.839. The molecular weight excluding hydrogens is 207 g/mol. The molecule has 0 spiro atoms. The monoisotopic (exact) mass is 218 g/mol. The lowest BCUT2D eigenvalue weighted by molar-refractivity contribution is 0.373. The van der Waals surface area contributed by atoms with Gasteiger partial charge >= 0.3 is 0 Å². The summed E-state index contributed by atoms with van der Waals surface area (Å²) < 4.78 is 18.6. The van der Waals surface area contributed by atoms with Crippen LogP contribution in [0.1, 0.15) is 11.7 Å². The van der Waals surface area contributed by atoms with Gasteiger partial charge in [0, 0.05) is 24.6 Å². The van der Waals surface area contributed by atoms with Gasteiger partial charge in [-0.15, -0.1) is 0 Å². The van der Waals surface area contributed by atoms with Gasteiger partial charge in [-0.25, -0.2) is 9.37 Å². The fourth-order valence-electron chi connectivity index (χ4n) is 1.72. The summed E-state index contributed by atoms with van der Waals surface area (Å²) in [6, 6.07) is 6.27. The highest BCUT2D eigenvalue weighted by molar-refractivity contribution is 5.52. The zero-order valence-electron chi connectivity index (χ0n) is 8.61. The second-order valence-corrected chi connectivity index (χ2v) is 3.93. The molecule has 0 bridgehead atoms. The molecule has 0 atom stereocenters. The summed E-state index contributed by atoms with van der Waals surface area (Å²) in [5.74, 6) is 1.50. The minimum absolute atomic E-state index is 0.275. The van der Waals surface area contributed by atoms with Crippen LogP contribution >= 0.6 is 0 Å². The van der Waals surface area contributed by atoms with Gasteiger partial charge in [0.05, 0.1) is 6.20 Å². The molecule has 82 valence electrons. The van der Waals surface area contributed by atoms with Gasteiger partial charge in [-0.2, -0.15) is 0 Å². The Balaban J connectivity index is 1.91. The molecule has 1 aliphatic rings. The van der Waals surface area contributed by atoms with E-state index in [1.165, 1.54) is 12.1 Å². The molecular formula is C12H11FN2O. The molecule has 0 radical (unpaired) electrons. The van der Waals surface area contributed by atoms with Crippen LogP contribution in [0.3, 0.4) is 0 Å². The van der Waals surface area contributed by atoms with Gasteiger partial charge < -0.3 is 9.73 Å². The smallest absolute Gasteiger partial charge is 0.226 e. The zero-order valence-corrected chi connectivity index (χ0v) is 8.61. The van der Waals surface area contributed by atoms with E-state index < -0.39 is 0 Å². The second-order valence-electron chi connectivity index (χ2n) is 3.93. The molecule has 0 amide bonds. The van der Waals surface area contributed by atoms with Gasteiger partial charge in [0.15, 0.2) is 0 Å². The Morgan fingerprint density at radius 3 is 2.94 bits per heavy atom. The van der Waals surface area contributed by atoms with Gasteiger partial charge in [0.25, 0.3) is 0 Å². The lowest BCUT2D eigenvalue weighted by atomic mass is 10.0. The topological polar surface area (TPSA) is 38.1 Å². The number of halogens is 1. The molecule has 1 N–H and O–H groups in total. The number of oxazole rings is 1. The van der Waals surface area contributed by atoms with Crippen molar-refractivity contribution in [3.63, 3.8) is 0 Å². The number of benzene rings is 1. The molecule has 2 aromatic rings. The van der Waals surface area contributed by atoms with Crippen LogP contribution in [-0.2, 0) is 0 Å². The maximum Gasteiger partial charge on any atom is 0.226 e. The Kier molecular flexibility index (Phi) is 2.22. The Morgan fingerprint density at radius 1 is 1.38 bits per heavy atom. The lowest BCUT2D eigenvalue weighted by Gasteiger charge is -2.24. The Morgan fingerprint density at radius 2 is 2.25 bits per heavy atom. The number of hydrogen-bond acceptors (Lipinski definition) is 3. The van der Waals surface area contributed by atoms with Crippen LogP contribution in [0.5, 0.6) is 0 Å². The van der Waals surface area contributed by atoms with Crippen LogP contribution in [-0.4, -0.2) is 18.1 Å². The van der Waals surface area contributed by atoms with E-state index in [2.05, 4.69) is 10.3 Å². The maximum absolute atomic E-state index is 13.0. The van der Waals surface area contributed by atoms with Crippen molar-refractivity contribution in [1.29, 1.82) is 0 Å². The predicted molar refractivity (Wildman–Crippen MR) is 57.5 cm³/mol. The van der Waals surface area contributed by atoms with Crippen LogP contribution in [0, 0.1) is 5.82 Å². The number of hydrogen-bond donors (Lipinski definition) is 1. The van der Waals surface area contributed by atoms with Gasteiger partial charge in [-0.3, -0.25) is 0 Å². The molecule has 1 aromatic carbocycles. The molecule has 1 aliphatic heterocycles. The summed E-state index contributed by atoms with van der Waals surface area (Å²) in [5.41, 5.74) is 0.679. The Hall–Kier alpha value is -1.68. The van der Waals surface area contributed by atoms with Crippen molar-refractivity contribution in [3.8, 4) is 11.5 Å². The van der Waals surface area contributed by atoms with Crippen LogP contribution in [0.15, 0.2) is 34.9 Å². The maximum atomic E-state index is 13.0. The summed E-state index contributed by atoms with van der Waals surface area (Å²) in [6.07, 6.45) is 1.73. The van der Waals surface area contributed by atoms with E-state index in [0.29, 0.717) is 17.4 Å². The molecule has 1 fully saturated rings. The molecule has 1 saturated heterocycles. The van der Waals surface area contributed by atoms with E-state index in [1.54, 1.807) is 18.3 Å². The predicted octanol–water partition coefficient (Wildman–Crippen LogP) is 2.17. The van der Waals surface area contributed by atoms with E-state index in [4.69, 9.17) is 4.42 Å². The average Bonchev–Trinajstić information content (AvgIpc) is 2.64. The summed E-state index contributed by atoms with van der Waals surface area (Å²) in [4.78, 5) is 4.17. The molecule has 16 heavy (non-hydrogen) atoms. The third-order valence-corrected chi connectivity index (χ3v) is 2.78. The van der Waals surface area contributed by atoms with Gasteiger partial charge in [-0.05, 0) is 18.2 Å². The van der Waals surface area contributed by atoms with Gasteiger partial charge in [-0.1, -0.05) is 6.07 Å². The number of nitrogens with one attached hydrogen (secondary N) is 1. The average molecular weight is 218 g/mol. The number of rotatable bonds is 2. The second kappa shape index (κ2) is 3.72. The highest BCUT2D eigenvalue weighted by atomic mass is 19.1. The molecule has 1 aromatic heterocycles. The molecule has 0 saturated carbocycles. The molecule has 3 rings (SSSR count). The summed E-state index contributed by atoms with van der Waals surface area (Å²) in [7, 11) is 0. The third-order valence-electron chi connectivity index (χ3n) is 2.78. The summed E-state index contributed by atoms with van der Waals surface area (Å²) in [5, 5.41) is 3.17. The fourth-order valence-corrected chi connectivity index (χ4v) is 1.72. The number of aromatic nitrogens is 1. The first-order valence-corrected chi connectivity index (χ1v) is 5.25. The van der Waals surface area contributed by atoms with Crippen molar-refractivity contribution in [1.82, 2.24) is 10.3 Å². The normalized spacial score (nSPS) is 16.1. The van der Waals surface area contributed by atoms with E-state index in [1.807, 2.05) is 0 Å². The van der Waals surface area contributed by atoms with Crippen molar-refractivity contribution in [2.45, 2.75) is 5.92 Å². The van der Waals surface area contributed by atoms with E-state index in [9.17, 15) is 4.39 Å². The largest absolute Gasteiger partial charge is 0.441 e. The van der Waals surface area contributed by atoms with Crippen molar-refractivity contribution in [2.24, 2.45) is 0 Å². The van der Waals surface area contributed by atoms with Crippen LogP contribution in [0.25, 0.3) is 11.5 Å². The first kappa shape index (κ1) is 9.54. The van der Waals surface area contributed by atoms with E-state index in [0.717, 1.165) is 18.8 Å². The summed E-state index contributed by atoms with van der Waals surface area (Å²) >= 11 is 0. The van der Waals surface area contributed by atoms with Crippen molar-refractivity contribution in [2.75, 3.05) is 13.1 Å². The zero-order chi connectivity index (χ0) is 11.0. The summed E-state index contributed by atoms with van der Waals surface area (Å²) in [6.45, 7) is 1.86. The Labute approximate surface area is 92.3 Å². The van der Waals surface area contributed by atoms with Crippen LogP contribution in [0.4, 0.5) is 4.39 Å².